The Hall–Kier alpha value is -2.62. The van der Waals surface area contributed by atoms with Gasteiger partial charge in [-0.3, -0.25) is 4.79 Å². The zero-order chi connectivity index (χ0) is 19.4. The molecular formula is C19H16ClF2NO3. The Kier molecular flexibility index (Phi) is 5.86. The number of carbonyl (C=O) groups is 1. The van der Waals surface area contributed by atoms with Crippen LogP contribution in [0.3, 0.4) is 0 Å². The third kappa shape index (κ3) is 6.71. The molecule has 2 rings (SSSR count). The number of anilines is 1. The first kappa shape index (κ1) is 19.7. The van der Waals surface area contributed by atoms with Crippen LogP contribution in [-0.4, -0.2) is 22.2 Å². The standard InChI is InChI=1S/C19H16ClF2NO3/c1-18(2,25)12-11-13-3-5-14(6-4-13)17(24)23-15-7-9-16(10-8-15)26-19(20,21)22/h3-10,25H,1-2H3,(H,23,24). The topological polar surface area (TPSA) is 58.6 Å². The Balaban J connectivity index is 2.02. The molecule has 2 aromatic carbocycles. The normalized spacial score (nSPS) is 11.3. The summed E-state index contributed by atoms with van der Waals surface area (Å²) in [4.78, 5) is 12.2. The van der Waals surface area contributed by atoms with Gasteiger partial charge in [-0.1, -0.05) is 11.8 Å². The number of nitrogens with one attached hydrogen (secondary N) is 1. The highest BCUT2D eigenvalue weighted by molar-refractivity contribution is 6.20. The van der Waals surface area contributed by atoms with Crippen molar-refractivity contribution in [3.05, 3.63) is 59.7 Å². The van der Waals surface area contributed by atoms with Crippen molar-refractivity contribution in [3.8, 4) is 17.6 Å². The average Bonchev–Trinajstić information content (AvgIpc) is 2.53. The molecule has 136 valence electrons. The van der Waals surface area contributed by atoms with E-state index in [0.29, 0.717) is 16.8 Å². The number of rotatable bonds is 4. The van der Waals surface area contributed by atoms with Crippen LogP contribution in [-0.2, 0) is 0 Å². The zero-order valence-corrected chi connectivity index (χ0v) is 14.8. The van der Waals surface area contributed by atoms with E-state index in [4.69, 9.17) is 0 Å². The fraction of sp³-hybridized carbons (Fsp3) is 0.211. The second-order valence-electron chi connectivity index (χ2n) is 5.91. The molecule has 0 spiro atoms. The second kappa shape index (κ2) is 7.73. The number of carbonyl (C=O) groups excluding carboxylic acids is 1. The maximum absolute atomic E-state index is 12.5. The summed E-state index contributed by atoms with van der Waals surface area (Å²) in [6, 6.07) is 11.9. The highest BCUT2D eigenvalue weighted by atomic mass is 35.5. The molecule has 4 nitrogen and oxygen atoms in total. The van der Waals surface area contributed by atoms with Crippen molar-refractivity contribution < 1.29 is 23.4 Å². The Labute approximate surface area is 154 Å². The van der Waals surface area contributed by atoms with Crippen LogP contribution in [0.15, 0.2) is 48.5 Å². The van der Waals surface area contributed by atoms with E-state index in [-0.39, 0.29) is 11.7 Å². The first-order valence-electron chi connectivity index (χ1n) is 7.55. The molecule has 0 aromatic heterocycles. The van der Waals surface area contributed by atoms with Gasteiger partial charge < -0.3 is 15.2 Å². The van der Waals surface area contributed by atoms with Crippen LogP contribution in [0.25, 0.3) is 0 Å². The average molecular weight is 380 g/mol. The van der Waals surface area contributed by atoms with Gasteiger partial charge in [0.2, 0.25) is 0 Å². The summed E-state index contributed by atoms with van der Waals surface area (Å²) in [7, 11) is 0. The van der Waals surface area contributed by atoms with E-state index in [1.165, 1.54) is 24.3 Å². The number of benzene rings is 2. The van der Waals surface area contributed by atoms with Crippen LogP contribution < -0.4 is 10.1 Å². The lowest BCUT2D eigenvalue weighted by atomic mass is 10.1. The highest BCUT2D eigenvalue weighted by Crippen LogP contribution is 2.26. The van der Waals surface area contributed by atoms with Gasteiger partial charge in [-0.15, -0.1) is 8.78 Å². The highest BCUT2D eigenvalue weighted by Gasteiger charge is 2.27. The van der Waals surface area contributed by atoms with Gasteiger partial charge in [-0.05, 0) is 62.4 Å². The number of halogens is 3. The first-order valence-corrected chi connectivity index (χ1v) is 7.92. The number of hydrogen-bond donors (Lipinski definition) is 2. The van der Waals surface area contributed by atoms with Crippen molar-refractivity contribution in [1.29, 1.82) is 0 Å². The summed E-state index contributed by atoms with van der Waals surface area (Å²) in [5.41, 5.74) is -3.43. The molecule has 0 aliphatic rings. The molecule has 2 N–H and O–H groups in total. The Morgan fingerprint density at radius 1 is 1.12 bits per heavy atom. The molecule has 0 aliphatic carbocycles. The van der Waals surface area contributed by atoms with Crippen LogP contribution in [0, 0.1) is 11.8 Å². The molecule has 0 fully saturated rings. The quantitative estimate of drug-likeness (QED) is 0.617. The van der Waals surface area contributed by atoms with Crippen LogP contribution in [0.2, 0.25) is 0 Å². The minimum atomic E-state index is -3.79. The molecule has 0 saturated carbocycles. The van der Waals surface area contributed by atoms with Gasteiger partial charge in [0.25, 0.3) is 5.91 Å². The lowest BCUT2D eigenvalue weighted by molar-refractivity contribution is -0.0964. The van der Waals surface area contributed by atoms with E-state index in [9.17, 15) is 18.7 Å². The first-order chi connectivity index (χ1) is 12.0. The van der Waals surface area contributed by atoms with E-state index in [1.54, 1.807) is 38.1 Å². The number of alkyl halides is 3. The molecular weight excluding hydrogens is 364 g/mol. The Morgan fingerprint density at radius 2 is 1.69 bits per heavy atom. The summed E-state index contributed by atoms with van der Waals surface area (Å²) in [5.74, 6) is 4.99. The maximum atomic E-state index is 12.5. The molecule has 0 bridgehead atoms. The second-order valence-corrected chi connectivity index (χ2v) is 6.35. The maximum Gasteiger partial charge on any atom is 0.487 e. The van der Waals surface area contributed by atoms with Gasteiger partial charge in [-0.25, -0.2) is 0 Å². The van der Waals surface area contributed by atoms with Gasteiger partial charge in [0.05, 0.1) is 0 Å². The van der Waals surface area contributed by atoms with Crippen molar-refractivity contribution in [2.75, 3.05) is 5.32 Å². The third-order valence-electron chi connectivity index (χ3n) is 3.01. The summed E-state index contributed by atoms with van der Waals surface area (Å²) in [6.07, 6.45) is 0. The van der Waals surface area contributed by atoms with Crippen LogP contribution in [0.4, 0.5) is 14.5 Å². The Morgan fingerprint density at radius 3 is 2.19 bits per heavy atom. The van der Waals surface area contributed by atoms with E-state index in [1.807, 2.05) is 0 Å². The summed E-state index contributed by atoms with van der Waals surface area (Å²) in [6.45, 7) is 3.15. The van der Waals surface area contributed by atoms with Crippen molar-refractivity contribution >= 4 is 23.2 Å². The molecule has 1 amide bonds. The van der Waals surface area contributed by atoms with Crippen LogP contribution in [0.5, 0.6) is 5.75 Å². The minimum Gasteiger partial charge on any atom is -0.420 e. The molecule has 0 heterocycles. The molecule has 0 radical (unpaired) electrons. The van der Waals surface area contributed by atoms with Gasteiger partial charge in [-0.2, -0.15) is 0 Å². The van der Waals surface area contributed by atoms with Crippen molar-refractivity contribution in [3.63, 3.8) is 0 Å². The van der Waals surface area contributed by atoms with E-state index < -0.39 is 11.2 Å². The fourth-order valence-corrected chi connectivity index (χ4v) is 1.96. The predicted molar refractivity (Wildman–Crippen MR) is 95.4 cm³/mol. The summed E-state index contributed by atoms with van der Waals surface area (Å²) >= 11 is 4.68. The zero-order valence-electron chi connectivity index (χ0n) is 14.0. The minimum absolute atomic E-state index is 0.127. The van der Waals surface area contributed by atoms with Crippen molar-refractivity contribution in [1.82, 2.24) is 0 Å². The largest absolute Gasteiger partial charge is 0.487 e. The molecule has 26 heavy (non-hydrogen) atoms. The Bertz CT molecular complexity index is 827. The molecule has 0 saturated heterocycles. The van der Waals surface area contributed by atoms with Crippen LogP contribution >= 0.6 is 11.6 Å². The van der Waals surface area contributed by atoms with Gasteiger partial charge in [0.1, 0.15) is 11.4 Å². The molecule has 0 unspecified atom stereocenters. The van der Waals surface area contributed by atoms with Gasteiger partial charge in [0.15, 0.2) is 0 Å². The molecule has 7 heteroatoms. The van der Waals surface area contributed by atoms with Crippen LogP contribution in [0.1, 0.15) is 29.8 Å². The number of aliphatic hydroxyl groups is 1. The van der Waals surface area contributed by atoms with Crippen molar-refractivity contribution in [2.45, 2.75) is 25.0 Å². The number of ether oxygens (including phenoxy) is 1. The van der Waals surface area contributed by atoms with Gasteiger partial charge in [0, 0.05) is 28.4 Å². The van der Waals surface area contributed by atoms with Gasteiger partial charge >= 0.3 is 5.57 Å². The lowest BCUT2D eigenvalue weighted by Gasteiger charge is -2.11. The molecule has 2 aromatic rings. The third-order valence-corrected chi connectivity index (χ3v) is 3.08. The molecule has 0 atom stereocenters. The van der Waals surface area contributed by atoms with E-state index >= 15 is 0 Å². The number of hydrogen-bond acceptors (Lipinski definition) is 3. The fourth-order valence-electron chi connectivity index (χ4n) is 1.87. The van der Waals surface area contributed by atoms with E-state index in [2.05, 4.69) is 33.5 Å². The van der Waals surface area contributed by atoms with E-state index in [0.717, 1.165) is 0 Å². The smallest absolute Gasteiger partial charge is 0.420 e. The monoisotopic (exact) mass is 379 g/mol. The molecule has 0 aliphatic heterocycles. The predicted octanol–water partition coefficient (Wildman–Crippen LogP) is 4.23. The lowest BCUT2D eigenvalue weighted by Crippen LogP contribution is -2.15. The summed E-state index contributed by atoms with van der Waals surface area (Å²) in [5, 5.41) is 12.2. The SMILES string of the molecule is CC(C)(O)C#Cc1ccc(C(=O)Nc2ccc(OC(F)(F)Cl)cc2)cc1. The van der Waals surface area contributed by atoms with Crippen molar-refractivity contribution in [2.24, 2.45) is 0 Å². The number of amides is 1. The summed E-state index contributed by atoms with van der Waals surface area (Å²) < 4.78 is 29.3.